The summed E-state index contributed by atoms with van der Waals surface area (Å²) in [6, 6.07) is 5.86. The van der Waals surface area contributed by atoms with Crippen molar-refractivity contribution in [3.05, 3.63) is 47.4 Å². The Morgan fingerprint density at radius 3 is 2.97 bits per heavy atom. The summed E-state index contributed by atoms with van der Waals surface area (Å²) in [6.07, 6.45) is 7.09. The van der Waals surface area contributed by atoms with Crippen LogP contribution < -0.4 is 5.32 Å². The molecule has 7 nitrogen and oxygen atoms in total. The molecule has 1 N–H and O–H groups in total. The molecule has 1 atom stereocenters. The predicted molar refractivity (Wildman–Crippen MR) is 113 cm³/mol. The van der Waals surface area contributed by atoms with Crippen LogP contribution in [0.1, 0.15) is 16.9 Å². The van der Waals surface area contributed by atoms with Crippen LogP contribution in [-0.4, -0.2) is 49.4 Å². The highest BCUT2D eigenvalue weighted by atomic mass is 32.1. The van der Waals surface area contributed by atoms with Crippen LogP contribution in [0.4, 0.5) is 20.3 Å². The fourth-order valence-corrected chi connectivity index (χ4v) is 5.75. The van der Waals surface area contributed by atoms with Gasteiger partial charge in [-0.15, -0.1) is 11.3 Å². The second-order valence-electron chi connectivity index (χ2n) is 8.14. The lowest BCUT2D eigenvalue weighted by molar-refractivity contribution is -0.169. The minimum Gasteiger partial charge on any atom is -0.339 e. The minimum atomic E-state index is -2.73. The number of amides is 1. The molecule has 10 heteroatoms. The van der Waals surface area contributed by atoms with E-state index in [4.69, 9.17) is 0 Å². The van der Waals surface area contributed by atoms with Gasteiger partial charge in [0.25, 0.3) is 5.92 Å². The number of halogens is 2. The standard InChI is InChI=1S/C21H18F2N6OS/c22-21(23)9-28(10-21)20(30)12-1-2-15-16(7-12)31-19-17(15)18(24-11-25-19)27-13-4-6-29-14(8-13)3-5-26-29/h3-6,8,11-12H,1-2,7,9-10H2,(H,24,25,27)/t12-/m0/s1. The fourth-order valence-electron chi connectivity index (χ4n) is 4.48. The van der Waals surface area contributed by atoms with Gasteiger partial charge >= 0.3 is 0 Å². The molecule has 1 amide bonds. The summed E-state index contributed by atoms with van der Waals surface area (Å²) in [7, 11) is 0. The maximum atomic E-state index is 13.2. The molecule has 2 aliphatic rings. The number of fused-ring (bicyclic) bond motifs is 4. The third-order valence-corrected chi connectivity index (χ3v) is 7.18. The molecule has 158 valence electrons. The zero-order chi connectivity index (χ0) is 21.2. The summed E-state index contributed by atoms with van der Waals surface area (Å²) in [5.74, 6) is -2.40. The Bertz CT molecular complexity index is 1320. The molecule has 0 bridgehead atoms. The van der Waals surface area contributed by atoms with Gasteiger partial charge in [0, 0.05) is 28.9 Å². The Labute approximate surface area is 179 Å². The van der Waals surface area contributed by atoms with Crippen LogP contribution in [0.15, 0.2) is 36.9 Å². The molecule has 0 unspecified atom stereocenters. The number of aromatic nitrogens is 4. The van der Waals surface area contributed by atoms with Gasteiger partial charge in [-0.2, -0.15) is 5.10 Å². The van der Waals surface area contributed by atoms with Gasteiger partial charge in [-0.05, 0) is 43.0 Å². The Morgan fingerprint density at radius 1 is 1.26 bits per heavy atom. The number of carbonyl (C=O) groups is 1. The molecule has 4 aromatic heterocycles. The molecule has 0 spiro atoms. The van der Waals surface area contributed by atoms with E-state index in [0.717, 1.165) is 37.7 Å². The van der Waals surface area contributed by atoms with Crippen LogP contribution in [0, 0.1) is 5.92 Å². The lowest BCUT2D eigenvalue weighted by Crippen LogP contribution is -2.60. The van der Waals surface area contributed by atoms with Crippen LogP contribution in [0.5, 0.6) is 0 Å². The monoisotopic (exact) mass is 440 g/mol. The number of hydrogen-bond donors (Lipinski definition) is 1. The molecular weight excluding hydrogens is 422 g/mol. The van der Waals surface area contributed by atoms with Gasteiger partial charge in [-0.3, -0.25) is 4.79 Å². The van der Waals surface area contributed by atoms with Crippen molar-refractivity contribution in [3.8, 4) is 0 Å². The van der Waals surface area contributed by atoms with Gasteiger partial charge in [-0.1, -0.05) is 0 Å². The molecule has 5 heterocycles. The van der Waals surface area contributed by atoms with Crippen molar-refractivity contribution in [1.82, 2.24) is 24.5 Å². The highest BCUT2D eigenvalue weighted by molar-refractivity contribution is 7.19. The number of anilines is 2. The van der Waals surface area contributed by atoms with Crippen molar-refractivity contribution in [2.24, 2.45) is 5.92 Å². The van der Waals surface area contributed by atoms with E-state index in [1.807, 2.05) is 24.4 Å². The molecule has 1 saturated heterocycles. The summed E-state index contributed by atoms with van der Waals surface area (Å²) in [5.41, 5.74) is 3.03. The number of rotatable bonds is 3. The Morgan fingerprint density at radius 2 is 2.13 bits per heavy atom. The summed E-state index contributed by atoms with van der Waals surface area (Å²) in [6.45, 7) is -0.911. The van der Waals surface area contributed by atoms with Gasteiger partial charge in [-0.25, -0.2) is 23.3 Å². The maximum Gasteiger partial charge on any atom is 0.282 e. The van der Waals surface area contributed by atoms with Crippen molar-refractivity contribution in [1.29, 1.82) is 0 Å². The number of nitrogens with zero attached hydrogens (tertiary/aromatic N) is 5. The molecule has 31 heavy (non-hydrogen) atoms. The molecule has 6 rings (SSSR count). The van der Waals surface area contributed by atoms with Crippen molar-refractivity contribution in [2.45, 2.75) is 25.2 Å². The van der Waals surface area contributed by atoms with Gasteiger partial charge in [0.05, 0.1) is 24.0 Å². The lowest BCUT2D eigenvalue weighted by Gasteiger charge is -2.41. The molecule has 1 aliphatic carbocycles. The largest absolute Gasteiger partial charge is 0.339 e. The molecule has 0 saturated carbocycles. The SMILES string of the molecule is O=C([C@H]1CCc2c(sc3ncnc(Nc4ccn5nccc5c4)c23)C1)N1CC(F)(F)C1. The molecule has 0 aromatic carbocycles. The van der Waals surface area contributed by atoms with Crippen molar-refractivity contribution in [3.63, 3.8) is 0 Å². The highest BCUT2D eigenvalue weighted by Gasteiger charge is 2.48. The predicted octanol–water partition coefficient (Wildman–Crippen LogP) is 3.67. The van der Waals surface area contributed by atoms with E-state index in [2.05, 4.69) is 20.4 Å². The molecule has 1 fully saturated rings. The first-order valence-corrected chi connectivity index (χ1v) is 10.9. The Kier molecular flexibility index (Phi) is 4.01. The van der Waals surface area contributed by atoms with Gasteiger partial charge in [0.1, 0.15) is 17.0 Å². The Balaban J connectivity index is 1.29. The van der Waals surface area contributed by atoms with Crippen LogP contribution >= 0.6 is 11.3 Å². The Hall–Kier alpha value is -3.14. The number of carbonyl (C=O) groups excluding carboxylic acids is 1. The van der Waals surface area contributed by atoms with Gasteiger partial charge < -0.3 is 10.2 Å². The van der Waals surface area contributed by atoms with Gasteiger partial charge in [0.2, 0.25) is 5.91 Å². The number of pyridine rings is 1. The summed E-state index contributed by atoms with van der Waals surface area (Å²) in [5, 5.41) is 8.59. The molecular formula is C21H18F2N6OS. The number of nitrogens with one attached hydrogen (secondary N) is 1. The minimum absolute atomic E-state index is 0.160. The lowest BCUT2D eigenvalue weighted by atomic mass is 9.86. The van der Waals surface area contributed by atoms with E-state index in [1.165, 1.54) is 11.2 Å². The van der Waals surface area contributed by atoms with E-state index in [1.54, 1.807) is 22.0 Å². The average Bonchev–Trinajstić information content (AvgIpc) is 3.35. The third-order valence-electron chi connectivity index (χ3n) is 6.01. The first kappa shape index (κ1) is 18.6. The summed E-state index contributed by atoms with van der Waals surface area (Å²) >= 11 is 1.56. The maximum absolute atomic E-state index is 13.2. The van der Waals surface area contributed by atoms with Crippen LogP contribution in [0.2, 0.25) is 0 Å². The van der Waals surface area contributed by atoms with E-state index >= 15 is 0 Å². The van der Waals surface area contributed by atoms with Gasteiger partial charge in [0.15, 0.2) is 0 Å². The normalized spacial score (nSPS) is 19.9. The van der Waals surface area contributed by atoms with Crippen LogP contribution in [-0.2, 0) is 17.6 Å². The fraction of sp³-hybridized carbons (Fsp3) is 0.333. The summed E-state index contributed by atoms with van der Waals surface area (Å²) in [4.78, 5) is 24.8. The van der Waals surface area contributed by atoms with E-state index in [0.29, 0.717) is 19.3 Å². The topological polar surface area (TPSA) is 75.4 Å². The number of aryl methyl sites for hydroxylation is 1. The van der Waals surface area contributed by atoms with E-state index in [-0.39, 0.29) is 11.8 Å². The van der Waals surface area contributed by atoms with Crippen molar-refractivity contribution in [2.75, 3.05) is 18.4 Å². The van der Waals surface area contributed by atoms with Crippen molar-refractivity contribution < 1.29 is 13.6 Å². The zero-order valence-electron chi connectivity index (χ0n) is 16.4. The molecule has 4 aromatic rings. The van der Waals surface area contributed by atoms with Crippen LogP contribution in [0.3, 0.4) is 0 Å². The second-order valence-corrected chi connectivity index (χ2v) is 9.22. The first-order valence-electron chi connectivity index (χ1n) is 10.1. The average molecular weight is 440 g/mol. The number of likely N-dealkylation sites (tertiary alicyclic amines) is 1. The first-order chi connectivity index (χ1) is 15.0. The van der Waals surface area contributed by atoms with E-state index in [9.17, 15) is 13.6 Å². The van der Waals surface area contributed by atoms with Crippen molar-refractivity contribution >= 4 is 44.5 Å². The van der Waals surface area contributed by atoms with Crippen LogP contribution in [0.25, 0.3) is 15.7 Å². The third kappa shape index (κ3) is 3.13. The molecule has 0 radical (unpaired) electrons. The highest BCUT2D eigenvalue weighted by Crippen LogP contribution is 2.41. The number of thiophene rings is 1. The quantitative estimate of drug-likeness (QED) is 0.526. The smallest absolute Gasteiger partial charge is 0.282 e. The number of alkyl halides is 2. The number of hydrogen-bond acceptors (Lipinski definition) is 6. The van der Waals surface area contributed by atoms with E-state index < -0.39 is 19.0 Å². The summed E-state index contributed by atoms with van der Waals surface area (Å²) < 4.78 is 28.1. The second kappa shape index (κ2) is 6.68. The molecule has 1 aliphatic heterocycles. The zero-order valence-corrected chi connectivity index (χ0v) is 17.2.